The van der Waals surface area contributed by atoms with Crippen molar-refractivity contribution in [3.05, 3.63) is 48.0 Å². The summed E-state index contributed by atoms with van der Waals surface area (Å²) in [4.78, 5) is 8.75. The summed E-state index contributed by atoms with van der Waals surface area (Å²) in [6, 6.07) is 10.6. The molecule has 5 nitrogen and oxygen atoms in total. The molecular formula is C17H18ClFN4OS. The van der Waals surface area contributed by atoms with Gasteiger partial charge in [-0.3, -0.25) is 4.90 Å². The summed E-state index contributed by atoms with van der Waals surface area (Å²) in [5.74, 6) is 1.00. The van der Waals surface area contributed by atoms with E-state index in [9.17, 15) is 4.39 Å². The molecule has 1 atom stereocenters. The first-order valence-corrected chi connectivity index (χ1v) is 8.63. The van der Waals surface area contributed by atoms with E-state index in [2.05, 4.69) is 27.4 Å². The molecule has 1 N–H and O–H groups in total. The Balaban J connectivity index is 0.00000182. The van der Waals surface area contributed by atoms with Crippen LogP contribution in [0.3, 0.4) is 0 Å². The van der Waals surface area contributed by atoms with E-state index in [-0.39, 0.29) is 24.3 Å². The lowest BCUT2D eigenvalue weighted by atomic mass is 10.2. The average Bonchev–Trinajstić information content (AvgIpc) is 3.25. The van der Waals surface area contributed by atoms with Gasteiger partial charge in [0, 0.05) is 24.5 Å². The van der Waals surface area contributed by atoms with Crippen LogP contribution in [0, 0.1) is 5.82 Å². The largest absolute Gasteiger partial charge is 0.333 e. The second-order valence-corrected chi connectivity index (χ2v) is 6.91. The molecule has 0 amide bonds. The molecule has 3 heterocycles. The van der Waals surface area contributed by atoms with Crippen LogP contribution < -0.4 is 5.32 Å². The zero-order chi connectivity index (χ0) is 16.5. The predicted molar refractivity (Wildman–Crippen MR) is 98.5 cm³/mol. The molecule has 3 aromatic rings. The first-order chi connectivity index (χ1) is 11.7. The summed E-state index contributed by atoms with van der Waals surface area (Å²) >= 11 is 1.56. The van der Waals surface area contributed by atoms with Crippen molar-refractivity contribution in [1.29, 1.82) is 0 Å². The van der Waals surface area contributed by atoms with Crippen LogP contribution in [0.15, 0.2) is 40.9 Å². The highest BCUT2D eigenvalue weighted by Gasteiger charge is 2.25. The number of aromatic nitrogens is 2. The van der Waals surface area contributed by atoms with Crippen LogP contribution in [0.5, 0.6) is 0 Å². The van der Waals surface area contributed by atoms with Gasteiger partial charge in [-0.2, -0.15) is 4.98 Å². The standard InChI is InChI=1S/C17H17FN4OS.ClH/c1-22-9-8-19-10-13(22)16-20-17(23-21-16)15-7-6-14(24-15)11-2-4-12(18)5-3-11;/h2-7,13,19H,8-10H2,1H3;1H. The van der Waals surface area contributed by atoms with Crippen molar-refractivity contribution in [3.8, 4) is 21.2 Å². The third kappa shape index (κ3) is 3.74. The van der Waals surface area contributed by atoms with Crippen LogP contribution in [0.2, 0.25) is 0 Å². The fourth-order valence-corrected chi connectivity index (χ4v) is 3.72. The van der Waals surface area contributed by atoms with Gasteiger partial charge >= 0.3 is 0 Å². The molecule has 25 heavy (non-hydrogen) atoms. The summed E-state index contributed by atoms with van der Waals surface area (Å²) in [6.45, 7) is 2.76. The van der Waals surface area contributed by atoms with Crippen molar-refractivity contribution in [3.63, 3.8) is 0 Å². The molecule has 1 fully saturated rings. The molecule has 1 unspecified atom stereocenters. The number of hydrogen-bond donors (Lipinski definition) is 1. The van der Waals surface area contributed by atoms with Gasteiger partial charge in [0.2, 0.25) is 0 Å². The highest BCUT2D eigenvalue weighted by Crippen LogP contribution is 2.34. The van der Waals surface area contributed by atoms with E-state index < -0.39 is 0 Å². The quantitative estimate of drug-likeness (QED) is 0.752. The number of benzene rings is 1. The molecule has 1 saturated heterocycles. The van der Waals surface area contributed by atoms with Gasteiger partial charge in [-0.15, -0.1) is 23.7 Å². The third-order valence-electron chi connectivity index (χ3n) is 4.20. The van der Waals surface area contributed by atoms with E-state index in [0.717, 1.165) is 35.0 Å². The van der Waals surface area contributed by atoms with Crippen molar-refractivity contribution in [2.24, 2.45) is 0 Å². The van der Waals surface area contributed by atoms with Crippen LogP contribution in [-0.4, -0.2) is 41.7 Å². The highest BCUT2D eigenvalue weighted by atomic mass is 35.5. The minimum Gasteiger partial charge on any atom is -0.333 e. The van der Waals surface area contributed by atoms with Crippen LogP contribution >= 0.6 is 23.7 Å². The Kier molecular flexibility index (Phi) is 5.48. The third-order valence-corrected chi connectivity index (χ3v) is 5.32. The highest BCUT2D eigenvalue weighted by molar-refractivity contribution is 7.18. The molecule has 0 saturated carbocycles. The zero-order valence-electron chi connectivity index (χ0n) is 13.6. The van der Waals surface area contributed by atoms with Crippen molar-refractivity contribution >= 4 is 23.7 Å². The number of nitrogens with zero attached hydrogens (tertiary/aromatic N) is 3. The number of rotatable bonds is 3. The summed E-state index contributed by atoms with van der Waals surface area (Å²) in [5.41, 5.74) is 0.976. The first kappa shape index (κ1) is 18.0. The number of nitrogens with one attached hydrogen (secondary N) is 1. The number of hydrogen-bond acceptors (Lipinski definition) is 6. The molecular weight excluding hydrogens is 363 g/mol. The lowest BCUT2D eigenvalue weighted by molar-refractivity contribution is 0.190. The lowest BCUT2D eigenvalue weighted by Gasteiger charge is -2.30. The van der Waals surface area contributed by atoms with Crippen LogP contribution in [-0.2, 0) is 0 Å². The molecule has 0 spiro atoms. The Morgan fingerprint density at radius 1 is 1.20 bits per heavy atom. The summed E-state index contributed by atoms with van der Waals surface area (Å²) < 4.78 is 18.5. The average molecular weight is 381 g/mol. The van der Waals surface area contributed by atoms with E-state index in [4.69, 9.17) is 4.52 Å². The molecule has 0 radical (unpaired) electrons. The van der Waals surface area contributed by atoms with E-state index >= 15 is 0 Å². The topological polar surface area (TPSA) is 54.2 Å². The van der Waals surface area contributed by atoms with E-state index in [1.54, 1.807) is 23.5 Å². The van der Waals surface area contributed by atoms with Gasteiger partial charge in [-0.05, 0) is 36.9 Å². The second-order valence-electron chi connectivity index (χ2n) is 5.83. The van der Waals surface area contributed by atoms with E-state index in [1.165, 1.54) is 12.1 Å². The molecule has 1 aliphatic rings. The lowest BCUT2D eigenvalue weighted by Crippen LogP contribution is -2.44. The van der Waals surface area contributed by atoms with Gasteiger partial charge in [0.1, 0.15) is 5.82 Å². The molecule has 0 aliphatic carbocycles. The monoisotopic (exact) mass is 380 g/mol. The van der Waals surface area contributed by atoms with Crippen LogP contribution in [0.1, 0.15) is 11.9 Å². The molecule has 1 aliphatic heterocycles. The smallest absolute Gasteiger partial charge is 0.268 e. The van der Waals surface area contributed by atoms with Gasteiger partial charge in [0.15, 0.2) is 5.82 Å². The molecule has 2 aromatic heterocycles. The van der Waals surface area contributed by atoms with Gasteiger partial charge in [-0.25, -0.2) is 4.39 Å². The number of likely N-dealkylation sites (N-methyl/N-ethyl adjacent to an activating group) is 1. The second kappa shape index (κ2) is 7.61. The maximum Gasteiger partial charge on any atom is 0.268 e. The number of halogens is 2. The van der Waals surface area contributed by atoms with Crippen molar-refractivity contribution < 1.29 is 8.91 Å². The van der Waals surface area contributed by atoms with Gasteiger partial charge in [0.25, 0.3) is 5.89 Å². The van der Waals surface area contributed by atoms with Crippen LogP contribution in [0.25, 0.3) is 21.2 Å². The normalized spacial score (nSPS) is 18.1. The Morgan fingerprint density at radius 3 is 2.72 bits per heavy atom. The first-order valence-electron chi connectivity index (χ1n) is 7.81. The number of thiophene rings is 1. The van der Waals surface area contributed by atoms with Crippen molar-refractivity contribution in [1.82, 2.24) is 20.4 Å². The predicted octanol–water partition coefficient (Wildman–Crippen LogP) is 3.60. The molecule has 1 aromatic carbocycles. The Labute approximate surface area is 155 Å². The fourth-order valence-electron chi connectivity index (χ4n) is 2.79. The van der Waals surface area contributed by atoms with Gasteiger partial charge < -0.3 is 9.84 Å². The summed E-state index contributed by atoms with van der Waals surface area (Å²) in [6.07, 6.45) is 0. The van der Waals surface area contributed by atoms with E-state index in [1.807, 2.05) is 12.1 Å². The maximum absolute atomic E-state index is 13.0. The van der Waals surface area contributed by atoms with Crippen LogP contribution in [0.4, 0.5) is 4.39 Å². The fraction of sp³-hybridized carbons (Fsp3) is 0.294. The number of piperazine rings is 1. The molecule has 132 valence electrons. The Hall–Kier alpha value is -1.80. The van der Waals surface area contributed by atoms with Crippen molar-refractivity contribution in [2.45, 2.75) is 6.04 Å². The SMILES string of the molecule is CN1CCNCC1c1noc(-c2ccc(-c3ccc(F)cc3)s2)n1.Cl. The van der Waals surface area contributed by atoms with Crippen molar-refractivity contribution in [2.75, 3.05) is 26.7 Å². The van der Waals surface area contributed by atoms with Gasteiger partial charge in [0.05, 0.1) is 10.9 Å². The molecule has 4 rings (SSSR count). The minimum atomic E-state index is -0.234. The molecule has 0 bridgehead atoms. The molecule has 8 heteroatoms. The summed E-state index contributed by atoms with van der Waals surface area (Å²) in [5, 5.41) is 7.50. The summed E-state index contributed by atoms with van der Waals surface area (Å²) in [7, 11) is 2.07. The minimum absolute atomic E-state index is 0. The van der Waals surface area contributed by atoms with E-state index in [0.29, 0.717) is 11.7 Å². The Morgan fingerprint density at radius 2 is 1.96 bits per heavy atom. The maximum atomic E-state index is 13.0. The van der Waals surface area contributed by atoms with Gasteiger partial charge in [-0.1, -0.05) is 17.3 Å². The zero-order valence-corrected chi connectivity index (χ0v) is 15.2. The Bertz CT molecular complexity index is 835.